The van der Waals surface area contributed by atoms with Gasteiger partial charge < -0.3 is 5.32 Å². The molecule has 0 spiro atoms. The Morgan fingerprint density at radius 1 is 1.79 bits per heavy atom. The fraction of sp³-hybridized carbons (Fsp3) is 0.455. The van der Waals surface area contributed by atoms with Crippen LogP contribution in [0.2, 0.25) is 0 Å². The number of carbonyl (C=O) groups excluding carboxylic acids is 2. The van der Waals surface area contributed by atoms with E-state index in [1.54, 1.807) is 6.08 Å². The zero-order chi connectivity index (χ0) is 10.6. The maximum absolute atomic E-state index is 11.4. The third kappa shape index (κ3) is 2.46. The quantitative estimate of drug-likeness (QED) is 0.515. The molecule has 1 aliphatic rings. The van der Waals surface area contributed by atoms with Crippen LogP contribution in [-0.4, -0.2) is 18.2 Å². The molecule has 0 saturated heterocycles. The molecule has 1 rings (SSSR count). The Hall–Kier alpha value is -1.56. The SMILES string of the molecule is C#CCNC(=O)C1=CC(C)CCC1=O. The smallest absolute Gasteiger partial charge is 0.255 e. The van der Waals surface area contributed by atoms with Crippen molar-refractivity contribution in [2.45, 2.75) is 19.8 Å². The summed E-state index contributed by atoms with van der Waals surface area (Å²) >= 11 is 0. The summed E-state index contributed by atoms with van der Waals surface area (Å²) in [6.45, 7) is 2.15. The molecule has 0 aromatic heterocycles. The molecule has 1 N–H and O–H groups in total. The van der Waals surface area contributed by atoms with E-state index in [2.05, 4.69) is 11.2 Å². The summed E-state index contributed by atoms with van der Waals surface area (Å²) in [6.07, 6.45) is 8.00. The van der Waals surface area contributed by atoms with Crippen LogP contribution in [0.3, 0.4) is 0 Å². The zero-order valence-electron chi connectivity index (χ0n) is 8.17. The fourth-order valence-corrected chi connectivity index (χ4v) is 1.38. The van der Waals surface area contributed by atoms with Crippen molar-refractivity contribution < 1.29 is 9.59 Å². The van der Waals surface area contributed by atoms with Gasteiger partial charge in [-0.2, -0.15) is 0 Å². The summed E-state index contributed by atoms with van der Waals surface area (Å²) in [6, 6.07) is 0. The summed E-state index contributed by atoms with van der Waals surface area (Å²) in [5.74, 6) is 2.15. The molecular formula is C11H13NO2. The monoisotopic (exact) mass is 191 g/mol. The Morgan fingerprint density at radius 3 is 3.14 bits per heavy atom. The molecule has 1 amide bonds. The van der Waals surface area contributed by atoms with Crippen molar-refractivity contribution in [3.8, 4) is 12.3 Å². The predicted octanol–water partition coefficient (Wildman–Crippen LogP) is 0.661. The highest BCUT2D eigenvalue weighted by atomic mass is 16.2. The van der Waals surface area contributed by atoms with Crippen LogP contribution in [0.4, 0.5) is 0 Å². The highest BCUT2D eigenvalue weighted by Crippen LogP contribution is 2.19. The van der Waals surface area contributed by atoms with Crippen LogP contribution in [-0.2, 0) is 9.59 Å². The second-order valence-corrected chi connectivity index (χ2v) is 3.41. The van der Waals surface area contributed by atoms with Gasteiger partial charge >= 0.3 is 0 Å². The number of allylic oxidation sites excluding steroid dienone is 1. The minimum Gasteiger partial charge on any atom is -0.341 e. The first-order valence-corrected chi connectivity index (χ1v) is 4.62. The van der Waals surface area contributed by atoms with E-state index in [1.807, 2.05) is 6.92 Å². The lowest BCUT2D eigenvalue weighted by Gasteiger charge is -2.15. The highest BCUT2D eigenvalue weighted by molar-refractivity contribution is 6.19. The number of ketones is 1. The van der Waals surface area contributed by atoms with Gasteiger partial charge in [0.15, 0.2) is 5.78 Å². The first-order chi connectivity index (χ1) is 6.65. The van der Waals surface area contributed by atoms with Gasteiger partial charge in [0.05, 0.1) is 12.1 Å². The normalized spacial score (nSPS) is 21.0. The summed E-state index contributed by atoms with van der Waals surface area (Å²) in [5, 5.41) is 2.49. The molecule has 0 aliphatic heterocycles. The lowest BCUT2D eigenvalue weighted by molar-refractivity contribution is -0.123. The van der Waals surface area contributed by atoms with Gasteiger partial charge in [0.1, 0.15) is 0 Å². The highest BCUT2D eigenvalue weighted by Gasteiger charge is 2.22. The lowest BCUT2D eigenvalue weighted by Crippen LogP contribution is -2.30. The van der Waals surface area contributed by atoms with Gasteiger partial charge in [0.2, 0.25) is 0 Å². The Kier molecular flexibility index (Phi) is 3.47. The summed E-state index contributed by atoms with van der Waals surface area (Å²) in [4.78, 5) is 22.8. The molecule has 74 valence electrons. The number of Topliss-reactive ketones (excluding diaryl/α,β-unsaturated/α-hetero) is 1. The molecule has 3 nitrogen and oxygen atoms in total. The van der Waals surface area contributed by atoms with E-state index < -0.39 is 0 Å². The fourth-order valence-electron chi connectivity index (χ4n) is 1.38. The van der Waals surface area contributed by atoms with Crippen molar-refractivity contribution >= 4 is 11.7 Å². The van der Waals surface area contributed by atoms with Crippen LogP contribution in [0.1, 0.15) is 19.8 Å². The van der Waals surface area contributed by atoms with Crippen LogP contribution in [0, 0.1) is 18.3 Å². The average molecular weight is 191 g/mol. The number of hydrogen-bond donors (Lipinski definition) is 1. The lowest BCUT2D eigenvalue weighted by atomic mass is 9.90. The predicted molar refractivity (Wildman–Crippen MR) is 53.3 cm³/mol. The van der Waals surface area contributed by atoms with Crippen LogP contribution < -0.4 is 5.32 Å². The standard InChI is InChI=1S/C11H13NO2/c1-3-6-12-11(14)9-7-8(2)4-5-10(9)13/h1,7-8H,4-6H2,2H3,(H,12,14). The molecule has 1 unspecified atom stereocenters. The molecule has 0 saturated carbocycles. The third-order valence-corrected chi connectivity index (χ3v) is 2.17. The number of amides is 1. The molecular weight excluding hydrogens is 178 g/mol. The van der Waals surface area contributed by atoms with Gasteiger partial charge in [-0.25, -0.2) is 0 Å². The van der Waals surface area contributed by atoms with Gasteiger partial charge in [-0.05, 0) is 12.3 Å². The van der Waals surface area contributed by atoms with E-state index >= 15 is 0 Å². The number of terminal acetylenes is 1. The van der Waals surface area contributed by atoms with Crippen molar-refractivity contribution in [3.63, 3.8) is 0 Å². The minimum absolute atomic E-state index is 0.0855. The van der Waals surface area contributed by atoms with Crippen molar-refractivity contribution in [1.29, 1.82) is 0 Å². The van der Waals surface area contributed by atoms with Crippen molar-refractivity contribution in [2.24, 2.45) is 5.92 Å². The topological polar surface area (TPSA) is 46.2 Å². The number of carbonyl (C=O) groups is 2. The summed E-state index contributed by atoms with van der Waals surface area (Å²) < 4.78 is 0. The molecule has 0 fully saturated rings. The van der Waals surface area contributed by atoms with Gasteiger partial charge in [-0.3, -0.25) is 9.59 Å². The molecule has 0 aromatic rings. The minimum atomic E-state index is -0.348. The van der Waals surface area contributed by atoms with E-state index in [-0.39, 0.29) is 23.8 Å². The molecule has 0 radical (unpaired) electrons. The first-order valence-electron chi connectivity index (χ1n) is 4.62. The molecule has 0 aromatic carbocycles. The van der Waals surface area contributed by atoms with E-state index in [4.69, 9.17) is 6.42 Å². The Bertz CT molecular complexity index is 323. The Labute approximate surface area is 83.6 Å². The molecule has 1 aliphatic carbocycles. The maximum Gasteiger partial charge on any atom is 0.255 e. The van der Waals surface area contributed by atoms with Crippen LogP contribution >= 0.6 is 0 Å². The molecule has 3 heteroatoms. The first kappa shape index (κ1) is 10.5. The van der Waals surface area contributed by atoms with Crippen molar-refractivity contribution in [1.82, 2.24) is 5.32 Å². The van der Waals surface area contributed by atoms with E-state index in [1.165, 1.54) is 0 Å². The van der Waals surface area contributed by atoms with E-state index in [9.17, 15) is 9.59 Å². The zero-order valence-corrected chi connectivity index (χ0v) is 8.17. The molecule has 1 atom stereocenters. The average Bonchev–Trinajstić information content (AvgIpc) is 2.18. The molecule has 0 bridgehead atoms. The van der Waals surface area contributed by atoms with Crippen LogP contribution in [0.25, 0.3) is 0 Å². The van der Waals surface area contributed by atoms with Gasteiger partial charge in [0.25, 0.3) is 5.91 Å². The van der Waals surface area contributed by atoms with Crippen LogP contribution in [0.5, 0.6) is 0 Å². The van der Waals surface area contributed by atoms with Gasteiger partial charge in [-0.15, -0.1) is 6.42 Å². The second-order valence-electron chi connectivity index (χ2n) is 3.41. The maximum atomic E-state index is 11.4. The second kappa shape index (κ2) is 4.61. The summed E-state index contributed by atoms with van der Waals surface area (Å²) in [7, 11) is 0. The van der Waals surface area contributed by atoms with Crippen molar-refractivity contribution in [3.05, 3.63) is 11.6 Å². The number of hydrogen-bond acceptors (Lipinski definition) is 2. The number of rotatable bonds is 2. The largest absolute Gasteiger partial charge is 0.341 e. The molecule has 14 heavy (non-hydrogen) atoms. The van der Waals surface area contributed by atoms with Crippen molar-refractivity contribution in [2.75, 3.05) is 6.54 Å². The van der Waals surface area contributed by atoms with Crippen LogP contribution in [0.15, 0.2) is 11.6 Å². The Balaban J connectivity index is 2.70. The summed E-state index contributed by atoms with van der Waals surface area (Å²) in [5.41, 5.74) is 0.263. The van der Waals surface area contributed by atoms with E-state index in [0.29, 0.717) is 12.3 Å². The third-order valence-electron chi connectivity index (χ3n) is 2.17. The number of nitrogens with one attached hydrogen (secondary N) is 1. The van der Waals surface area contributed by atoms with Gasteiger partial charge in [0, 0.05) is 6.42 Å². The Morgan fingerprint density at radius 2 is 2.50 bits per heavy atom. The van der Waals surface area contributed by atoms with Gasteiger partial charge in [-0.1, -0.05) is 18.9 Å². The van der Waals surface area contributed by atoms with E-state index in [0.717, 1.165) is 6.42 Å². The molecule has 0 heterocycles.